The summed E-state index contributed by atoms with van der Waals surface area (Å²) in [6.45, 7) is 3.27. The number of halogens is 2. The summed E-state index contributed by atoms with van der Waals surface area (Å²) in [6.07, 6.45) is -0.793. The van der Waals surface area contributed by atoms with Crippen molar-refractivity contribution in [3.8, 4) is 5.75 Å². The number of rotatable bonds is 6. The monoisotopic (exact) mass is 395 g/mol. The Hall–Kier alpha value is -1.92. The molecule has 0 spiro atoms. The maximum absolute atomic E-state index is 13.1. The van der Waals surface area contributed by atoms with E-state index in [1.807, 2.05) is 18.2 Å². The predicted molar refractivity (Wildman–Crippen MR) is 93.2 cm³/mol. The molecule has 0 aliphatic heterocycles. The maximum atomic E-state index is 13.1. The van der Waals surface area contributed by atoms with Gasteiger partial charge in [0.25, 0.3) is 5.91 Å². The van der Waals surface area contributed by atoms with Gasteiger partial charge in [0.2, 0.25) is 0 Å². The Morgan fingerprint density at radius 2 is 2.00 bits per heavy atom. The Bertz CT molecular complexity index is 707. The molecular formula is C18H19BrFNO3. The van der Waals surface area contributed by atoms with Crippen LogP contribution in [0, 0.1) is 5.82 Å². The smallest absolute Gasteiger partial charge is 0.260 e. The molecule has 0 saturated heterocycles. The first kappa shape index (κ1) is 18.4. The quantitative estimate of drug-likeness (QED) is 0.787. The molecule has 1 amide bonds. The van der Waals surface area contributed by atoms with Crippen molar-refractivity contribution in [2.75, 3.05) is 6.54 Å². The number of nitrogens with one attached hydrogen (secondary N) is 1. The normalized spacial score (nSPS) is 14.5. The fourth-order valence-electron chi connectivity index (χ4n) is 2.12. The van der Waals surface area contributed by atoms with Crippen LogP contribution in [0.2, 0.25) is 0 Å². The van der Waals surface area contributed by atoms with Crippen LogP contribution >= 0.6 is 15.9 Å². The van der Waals surface area contributed by atoms with Gasteiger partial charge < -0.3 is 15.2 Å². The lowest BCUT2D eigenvalue weighted by Gasteiger charge is -2.25. The zero-order chi connectivity index (χ0) is 17.7. The minimum atomic E-state index is -1.19. The average molecular weight is 396 g/mol. The highest BCUT2D eigenvalue weighted by atomic mass is 79.9. The molecular weight excluding hydrogens is 377 g/mol. The Morgan fingerprint density at radius 3 is 2.62 bits per heavy atom. The second-order valence-corrected chi connectivity index (χ2v) is 6.55. The van der Waals surface area contributed by atoms with E-state index >= 15 is 0 Å². The van der Waals surface area contributed by atoms with Gasteiger partial charge in [-0.3, -0.25) is 4.79 Å². The molecule has 2 N–H and O–H groups in total. The Morgan fingerprint density at radius 1 is 1.33 bits per heavy atom. The third-order valence-corrected chi connectivity index (χ3v) is 4.19. The van der Waals surface area contributed by atoms with Crippen LogP contribution in [0.5, 0.6) is 5.75 Å². The fourth-order valence-corrected chi connectivity index (χ4v) is 2.56. The van der Waals surface area contributed by atoms with E-state index < -0.39 is 17.5 Å². The molecule has 6 heteroatoms. The molecule has 0 radical (unpaired) electrons. The van der Waals surface area contributed by atoms with E-state index in [9.17, 15) is 14.3 Å². The van der Waals surface area contributed by atoms with Crippen LogP contribution in [0.25, 0.3) is 0 Å². The van der Waals surface area contributed by atoms with Gasteiger partial charge in [-0.1, -0.05) is 30.3 Å². The van der Waals surface area contributed by atoms with Crippen molar-refractivity contribution in [3.63, 3.8) is 0 Å². The van der Waals surface area contributed by atoms with Crippen molar-refractivity contribution in [2.45, 2.75) is 25.6 Å². The van der Waals surface area contributed by atoms with Crippen LogP contribution < -0.4 is 10.1 Å². The summed E-state index contributed by atoms with van der Waals surface area (Å²) < 4.78 is 19.0. The lowest BCUT2D eigenvalue weighted by Crippen LogP contribution is -2.43. The summed E-state index contributed by atoms with van der Waals surface area (Å²) in [7, 11) is 0. The molecule has 0 aromatic heterocycles. The summed E-state index contributed by atoms with van der Waals surface area (Å²) in [4.78, 5) is 12.2. The minimum Gasteiger partial charge on any atom is -0.480 e. The fraction of sp³-hybridized carbons (Fsp3) is 0.278. The summed E-state index contributed by atoms with van der Waals surface area (Å²) in [5, 5.41) is 13.1. The molecule has 4 nitrogen and oxygen atoms in total. The van der Waals surface area contributed by atoms with Crippen molar-refractivity contribution in [1.29, 1.82) is 0 Å². The van der Waals surface area contributed by atoms with E-state index in [-0.39, 0.29) is 12.5 Å². The van der Waals surface area contributed by atoms with Gasteiger partial charge in [0.05, 0.1) is 11.0 Å². The van der Waals surface area contributed by atoms with Gasteiger partial charge in [0.15, 0.2) is 6.10 Å². The third kappa shape index (κ3) is 4.79. The molecule has 2 atom stereocenters. The Kier molecular flexibility index (Phi) is 5.96. The van der Waals surface area contributed by atoms with Gasteiger partial charge in [-0.05, 0) is 53.5 Å². The van der Waals surface area contributed by atoms with E-state index in [2.05, 4.69) is 21.2 Å². The Balaban J connectivity index is 1.94. The number of hydrogen-bond acceptors (Lipinski definition) is 3. The predicted octanol–water partition coefficient (Wildman–Crippen LogP) is 3.38. The number of ether oxygens (including phenoxy) is 1. The summed E-state index contributed by atoms with van der Waals surface area (Å²) in [5.41, 5.74) is -0.479. The van der Waals surface area contributed by atoms with Crippen molar-refractivity contribution in [1.82, 2.24) is 5.32 Å². The van der Waals surface area contributed by atoms with E-state index in [4.69, 9.17) is 4.74 Å². The first-order valence-electron chi connectivity index (χ1n) is 7.47. The van der Waals surface area contributed by atoms with Gasteiger partial charge in [-0.25, -0.2) is 4.39 Å². The van der Waals surface area contributed by atoms with Crippen LogP contribution in [0.15, 0.2) is 53.0 Å². The first-order chi connectivity index (χ1) is 11.3. The second kappa shape index (κ2) is 7.77. The molecule has 0 unspecified atom stereocenters. The van der Waals surface area contributed by atoms with Gasteiger partial charge in [-0.15, -0.1) is 0 Å². The highest BCUT2D eigenvalue weighted by Crippen LogP contribution is 2.26. The molecule has 0 saturated carbocycles. The van der Waals surface area contributed by atoms with Crippen LogP contribution in [0.4, 0.5) is 4.39 Å². The zero-order valence-electron chi connectivity index (χ0n) is 13.4. The molecule has 0 fully saturated rings. The lowest BCUT2D eigenvalue weighted by atomic mass is 9.96. The topological polar surface area (TPSA) is 58.6 Å². The van der Waals surface area contributed by atoms with Crippen LogP contribution in [-0.4, -0.2) is 23.7 Å². The molecule has 24 heavy (non-hydrogen) atoms. The third-order valence-electron chi connectivity index (χ3n) is 3.57. The first-order valence-corrected chi connectivity index (χ1v) is 8.26. The van der Waals surface area contributed by atoms with E-state index in [1.54, 1.807) is 26.0 Å². The van der Waals surface area contributed by atoms with Crippen molar-refractivity contribution in [3.05, 3.63) is 64.4 Å². The molecule has 0 bridgehead atoms. The molecule has 128 valence electrons. The zero-order valence-corrected chi connectivity index (χ0v) is 15.0. The highest BCUT2D eigenvalue weighted by molar-refractivity contribution is 9.10. The molecule has 0 heterocycles. The van der Waals surface area contributed by atoms with Gasteiger partial charge in [0, 0.05) is 0 Å². The van der Waals surface area contributed by atoms with Crippen LogP contribution in [0.3, 0.4) is 0 Å². The largest absolute Gasteiger partial charge is 0.480 e. The summed E-state index contributed by atoms with van der Waals surface area (Å²) in [6, 6.07) is 13.1. The number of hydrogen-bond donors (Lipinski definition) is 2. The van der Waals surface area contributed by atoms with Crippen LogP contribution in [-0.2, 0) is 10.4 Å². The van der Waals surface area contributed by atoms with Gasteiger partial charge >= 0.3 is 0 Å². The molecule has 0 aliphatic carbocycles. The number of carbonyl (C=O) groups is 1. The number of carbonyl (C=O) groups excluding carboxylic acids is 1. The van der Waals surface area contributed by atoms with Crippen molar-refractivity contribution < 1.29 is 19.0 Å². The molecule has 2 rings (SSSR count). The summed E-state index contributed by atoms with van der Waals surface area (Å²) in [5.74, 6) is -0.401. The highest BCUT2D eigenvalue weighted by Gasteiger charge is 2.25. The summed E-state index contributed by atoms with van der Waals surface area (Å²) >= 11 is 3.19. The Labute approximate surface area is 148 Å². The number of aliphatic hydroxyl groups is 1. The molecule has 0 aliphatic rings. The minimum absolute atomic E-state index is 0.0497. The molecule has 2 aromatic rings. The average Bonchev–Trinajstić information content (AvgIpc) is 2.56. The van der Waals surface area contributed by atoms with E-state index in [0.29, 0.717) is 15.8 Å². The standard InChI is InChI=1S/C18H19BrFNO3/c1-12(24-16-9-8-14(20)10-15(16)19)17(22)21-11-18(2,23)13-6-4-3-5-7-13/h3-10,12,23H,11H2,1-2H3,(H,21,22)/t12-,18-/m0/s1. The van der Waals surface area contributed by atoms with Gasteiger partial charge in [0.1, 0.15) is 17.2 Å². The second-order valence-electron chi connectivity index (χ2n) is 5.69. The number of amides is 1. The number of benzene rings is 2. The van der Waals surface area contributed by atoms with Crippen molar-refractivity contribution in [2.24, 2.45) is 0 Å². The van der Waals surface area contributed by atoms with E-state index in [1.165, 1.54) is 18.2 Å². The van der Waals surface area contributed by atoms with E-state index in [0.717, 1.165) is 0 Å². The maximum Gasteiger partial charge on any atom is 0.260 e. The van der Waals surface area contributed by atoms with Crippen molar-refractivity contribution >= 4 is 21.8 Å². The SMILES string of the molecule is C[C@H](Oc1ccc(F)cc1Br)C(=O)NC[C@](C)(O)c1ccccc1. The van der Waals surface area contributed by atoms with Crippen LogP contribution in [0.1, 0.15) is 19.4 Å². The van der Waals surface area contributed by atoms with Gasteiger partial charge in [-0.2, -0.15) is 0 Å². The lowest BCUT2D eigenvalue weighted by molar-refractivity contribution is -0.128. The molecule has 2 aromatic carbocycles.